The average Bonchev–Trinajstić information content (AvgIpc) is 3.84. The van der Waals surface area contributed by atoms with Crippen molar-refractivity contribution < 1.29 is 28.2 Å². The van der Waals surface area contributed by atoms with Gasteiger partial charge in [0.25, 0.3) is 0 Å². The summed E-state index contributed by atoms with van der Waals surface area (Å²) in [5.41, 5.74) is 3.72. The number of pyridine rings is 2. The van der Waals surface area contributed by atoms with E-state index in [9.17, 15) is 9.59 Å². The molecule has 0 unspecified atom stereocenters. The molecule has 4 aliphatic rings. The molecule has 3 aliphatic carbocycles. The minimum Gasteiger partial charge on any atom is -0.495 e. The molecule has 0 N–H and O–H groups in total. The van der Waals surface area contributed by atoms with Gasteiger partial charge in [-0.2, -0.15) is 0 Å². The lowest BCUT2D eigenvalue weighted by atomic mass is 9.79. The van der Waals surface area contributed by atoms with Crippen LogP contribution in [0, 0.1) is 24.7 Å². The Kier molecular flexibility index (Phi) is 10.2. The Balaban J connectivity index is 1.02. The topological polar surface area (TPSA) is 120 Å². The number of hydrogen-bond donors (Lipinski definition) is 0. The number of methoxy groups -OCH3 is 2. The maximum absolute atomic E-state index is 14.4. The van der Waals surface area contributed by atoms with Gasteiger partial charge in [0.1, 0.15) is 29.6 Å². The zero-order chi connectivity index (χ0) is 33.9. The molecule has 7 rings (SSSR count). The van der Waals surface area contributed by atoms with Crippen LogP contribution in [0.2, 0.25) is 0 Å². The number of hydrogen-bond acceptors (Lipinski definition) is 9. The SMILES string of the molecule is COCC1CN(C(=O)OC2CCC(C(=O)N(CC3CCC(c4ccc(OC)c(C)n4)CC3)c3cc(-c4coc(C5CC5)n4)ccn3)CC2)C1. The highest BCUT2D eigenvalue weighted by molar-refractivity contribution is 5.94. The molecule has 2 amide bonds. The van der Waals surface area contributed by atoms with Crippen molar-refractivity contribution in [3.8, 4) is 17.0 Å². The van der Waals surface area contributed by atoms with E-state index in [1.807, 2.05) is 30.0 Å². The van der Waals surface area contributed by atoms with Crippen molar-refractivity contribution in [2.75, 3.05) is 45.4 Å². The molecule has 1 saturated heterocycles. The van der Waals surface area contributed by atoms with Gasteiger partial charge in [0.2, 0.25) is 5.91 Å². The molecule has 4 fully saturated rings. The molecule has 3 aromatic rings. The quantitative estimate of drug-likeness (QED) is 0.214. The lowest BCUT2D eigenvalue weighted by Crippen LogP contribution is -2.52. The van der Waals surface area contributed by atoms with Gasteiger partial charge >= 0.3 is 6.09 Å². The summed E-state index contributed by atoms with van der Waals surface area (Å²) < 4.78 is 22.3. The number of carbonyl (C=O) groups is 2. The summed E-state index contributed by atoms with van der Waals surface area (Å²) in [4.78, 5) is 45.1. The van der Waals surface area contributed by atoms with E-state index in [1.165, 1.54) is 0 Å². The first-order valence-electron chi connectivity index (χ1n) is 18.1. The summed E-state index contributed by atoms with van der Waals surface area (Å²) in [5.74, 6) is 3.79. The van der Waals surface area contributed by atoms with Crippen LogP contribution in [-0.2, 0) is 14.3 Å². The lowest BCUT2D eigenvalue weighted by molar-refractivity contribution is -0.124. The minimum atomic E-state index is -0.252. The van der Waals surface area contributed by atoms with Crippen LogP contribution >= 0.6 is 0 Å². The Morgan fingerprint density at radius 2 is 1.67 bits per heavy atom. The second-order valence-corrected chi connectivity index (χ2v) is 14.5. The summed E-state index contributed by atoms with van der Waals surface area (Å²) >= 11 is 0. The fourth-order valence-corrected chi connectivity index (χ4v) is 7.79. The second kappa shape index (κ2) is 14.9. The molecule has 3 aromatic heterocycles. The van der Waals surface area contributed by atoms with Crippen molar-refractivity contribution >= 4 is 17.8 Å². The lowest BCUT2D eigenvalue weighted by Gasteiger charge is -2.39. The van der Waals surface area contributed by atoms with E-state index in [-0.39, 0.29) is 24.0 Å². The molecule has 0 radical (unpaired) electrons. The van der Waals surface area contributed by atoms with Gasteiger partial charge in [0.15, 0.2) is 5.89 Å². The third-order valence-electron chi connectivity index (χ3n) is 10.9. The summed E-state index contributed by atoms with van der Waals surface area (Å²) in [6.07, 6.45) is 12.1. The molecular formula is C38H49N5O6. The highest BCUT2D eigenvalue weighted by Crippen LogP contribution is 2.41. The van der Waals surface area contributed by atoms with Gasteiger partial charge in [-0.25, -0.2) is 14.8 Å². The number of rotatable bonds is 11. The predicted molar refractivity (Wildman–Crippen MR) is 183 cm³/mol. The van der Waals surface area contributed by atoms with Crippen LogP contribution in [-0.4, -0.2) is 78.4 Å². The van der Waals surface area contributed by atoms with Crippen LogP contribution in [0.15, 0.2) is 41.1 Å². The number of aryl methyl sites for hydroxylation is 1. The van der Waals surface area contributed by atoms with Gasteiger partial charge in [-0.05, 0) is 101 Å². The molecule has 4 heterocycles. The molecule has 0 spiro atoms. The number of amides is 2. The van der Waals surface area contributed by atoms with Crippen LogP contribution in [0.1, 0.15) is 93.3 Å². The fraction of sp³-hybridized carbons (Fsp3) is 0.605. The molecule has 1 aliphatic heterocycles. The Morgan fingerprint density at radius 3 is 2.37 bits per heavy atom. The zero-order valence-corrected chi connectivity index (χ0v) is 29.0. The monoisotopic (exact) mass is 671 g/mol. The number of carbonyl (C=O) groups excluding carboxylic acids is 2. The molecule has 0 aromatic carbocycles. The Hall–Kier alpha value is -3.99. The van der Waals surface area contributed by atoms with E-state index in [1.54, 1.807) is 31.6 Å². The van der Waals surface area contributed by atoms with Gasteiger partial charge < -0.3 is 23.5 Å². The minimum absolute atomic E-state index is 0.105. The molecule has 262 valence electrons. The van der Waals surface area contributed by atoms with Crippen LogP contribution in [0.25, 0.3) is 11.3 Å². The van der Waals surface area contributed by atoms with Crippen molar-refractivity contribution in [3.05, 3.63) is 54.0 Å². The number of aromatic nitrogens is 3. The Morgan fingerprint density at radius 1 is 0.918 bits per heavy atom. The summed E-state index contributed by atoms with van der Waals surface area (Å²) in [6, 6.07) is 8.03. The van der Waals surface area contributed by atoms with Crippen LogP contribution in [0.4, 0.5) is 10.6 Å². The maximum Gasteiger partial charge on any atom is 0.410 e. The molecule has 0 bridgehead atoms. The number of ether oxygens (including phenoxy) is 3. The van der Waals surface area contributed by atoms with Crippen LogP contribution in [0.5, 0.6) is 5.75 Å². The Bertz CT molecular complexity index is 1600. The third-order valence-corrected chi connectivity index (χ3v) is 10.9. The van der Waals surface area contributed by atoms with Crippen LogP contribution in [0.3, 0.4) is 0 Å². The normalized spacial score (nSPS) is 24.3. The largest absolute Gasteiger partial charge is 0.495 e. The van der Waals surface area contributed by atoms with Crippen molar-refractivity contribution in [2.45, 2.75) is 89.1 Å². The number of likely N-dealkylation sites (tertiary alicyclic amines) is 1. The van der Waals surface area contributed by atoms with Crippen molar-refractivity contribution in [1.29, 1.82) is 0 Å². The summed E-state index contributed by atoms with van der Waals surface area (Å²) in [5, 5.41) is 0. The van der Waals surface area contributed by atoms with Gasteiger partial charge in [0, 0.05) is 67.9 Å². The standard InChI is InChI=1S/C38H49N5O6/c1-24-34(47-3)15-14-32(40-24)27-6-4-25(5-7-27)21-43(35-18-30(16-17-39-35)33-23-48-36(41-33)28-8-9-28)37(44)29-10-12-31(13-11-29)49-38(45)42-19-26(20-42)22-46-2/h14-18,23,25-29,31H,4-13,19-22H2,1-3H3. The fourth-order valence-electron chi connectivity index (χ4n) is 7.79. The smallest absolute Gasteiger partial charge is 0.410 e. The van der Waals surface area contributed by atoms with Crippen LogP contribution < -0.4 is 9.64 Å². The second-order valence-electron chi connectivity index (χ2n) is 14.5. The van der Waals surface area contributed by atoms with Gasteiger partial charge in [-0.3, -0.25) is 14.7 Å². The van der Waals surface area contributed by atoms with Crippen molar-refractivity contribution in [1.82, 2.24) is 19.9 Å². The summed E-state index contributed by atoms with van der Waals surface area (Å²) in [7, 11) is 3.36. The maximum atomic E-state index is 14.4. The number of oxazole rings is 1. The van der Waals surface area contributed by atoms with Crippen molar-refractivity contribution in [2.24, 2.45) is 17.8 Å². The first-order valence-corrected chi connectivity index (χ1v) is 18.1. The molecule has 11 heteroatoms. The van der Waals surface area contributed by atoms with E-state index < -0.39 is 0 Å². The molecule has 49 heavy (non-hydrogen) atoms. The first-order chi connectivity index (χ1) is 23.9. The van der Waals surface area contributed by atoms with Gasteiger partial charge in [0.05, 0.1) is 19.4 Å². The average molecular weight is 672 g/mol. The van der Waals surface area contributed by atoms with E-state index >= 15 is 0 Å². The van der Waals surface area contributed by atoms with Gasteiger partial charge in [-0.1, -0.05) is 0 Å². The van der Waals surface area contributed by atoms with E-state index in [0.29, 0.717) is 81.4 Å². The number of nitrogens with zero attached hydrogens (tertiary/aromatic N) is 5. The molecule has 11 nitrogen and oxygen atoms in total. The molecule has 3 saturated carbocycles. The number of anilines is 1. The highest BCUT2D eigenvalue weighted by Gasteiger charge is 2.37. The Labute approximate surface area is 288 Å². The van der Waals surface area contributed by atoms with E-state index in [0.717, 1.165) is 72.8 Å². The van der Waals surface area contributed by atoms with Gasteiger partial charge in [-0.15, -0.1) is 0 Å². The van der Waals surface area contributed by atoms with Crippen molar-refractivity contribution in [3.63, 3.8) is 0 Å². The molecule has 0 atom stereocenters. The highest BCUT2D eigenvalue weighted by atomic mass is 16.6. The predicted octanol–water partition coefficient (Wildman–Crippen LogP) is 6.91. The van der Waals surface area contributed by atoms with E-state index in [4.69, 9.17) is 33.6 Å². The third kappa shape index (κ3) is 7.77. The van der Waals surface area contributed by atoms with E-state index in [2.05, 4.69) is 6.07 Å². The summed E-state index contributed by atoms with van der Waals surface area (Å²) in [6.45, 7) is 4.63. The first kappa shape index (κ1) is 33.5. The molecular weight excluding hydrogens is 622 g/mol. The zero-order valence-electron chi connectivity index (χ0n) is 29.0.